The van der Waals surface area contributed by atoms with Crippen molar-refractivity contribution in [3.05, 3.63) is 38.8 Å². The molecule has 7 heteroatoms. The Morgan fingerprint density at radius 1 is 1.46 bits per heavy atom. The number of benzene rings is 1. The number of nitrogens with one attached hydrogen (secondary N) is 1. The average Bonchev–Trinajstić information content (AvgIpc) is 3.17. The number of amides is 1. The van der Waals surface area contributed by atoms with Crippen molar-refractivity contribution in [1.82, 2.24) is 15.2 Å². The van der Waals surface area contributed by atoms with E-state index in [0.29, 0.717) is 21.0 Å². The maximum absolute atomic E-state index is 12.8. The molecule has 2 aromatic rings. The SMILES string of the molecule is CCNC1CCN(C(=O)c2sc(-c3cccc(Cl)c3Cl)nc2C)C1. The Balaban J connectivity index is 1.84. The summed E-state index contributed by atoms with van der Waals surface area (Å²) in [5.41, 5.74) is 1.51. The van der Waals surface area contributed by atoms with Gasteiger partial charge in [0.2, 0.25) is 0 Å². The van der Waals surface area contributed by atoms with Crippen LogP contribution in [0.3, 0.4) is 0 Å². The second-order valence-electron chi connectivity index (χ2n) is 5.83. The summed E-state index contributed by atoms with van der Waals surface area (Å²) >= 11 is 13.7. The topological polar surface area (TPSA) is 45.2 Å². The van der Waals surface area contributed by atoms with Gasteiger partial charge < -0.3 is 10.2 Å². The van der Waals surface area contributed by atoms with Crippen LogP contribution >= 0.6 is 34.5 Å². The van der Waals surface area contributed by atoms with Gasteiger partial charge in [-0.2, -0.15) is 0 Å². The predicted molar refractivity (Wildman–Crippen MR) is 100 cm³/mol. The van der Waals surface area contributed by atoms with E-state index >= 15 is 0 Å². The molecule has 1 unspecified atom stereocenters. The molecular weight excluding hydrogens is 365 g/mol. The molecule has 0 saturated carbocycles. The summed E-state index contributed by atoms with van der Waals surface area (Å²) in [6.45, 7) is 6.39. The van der Waals surface area contributed by atoms with Crippen LogP contribution in [-0.2, 0) is 0 Å². The highest BCUT2D eigenvalue weighted by Crippen LogP contribution is 2.37. The first-order valence-corrected chi connectivity index (χ1v) is 9.53. The van der Waals surface area contributed by atoms with Crippen molar-refractivity contribution in [3.63, 3.8) is 0 Å². The summed E-state index contributed by atoms with van der Waals surface area (Å²) in [7, 11) is 0. The predicted octanol–water partition coefficient (Wildman–Crippen LogP) is 4.25. The Morgan fingerprint density at radius 2 is 2.25 bits per heavy atom. The van der Waals surface area contributed by atoms with Crippen LogP contribution in [0, 0.1) is 6.92 Å². The van der Waals surface area contributed by atoms with Gasteiger partial charge in [-0.3, -0.25) is 4.79 Å². The van der Waals surface area contributed by atoms with Gasteiger partial charge >= 0.3 is 0 Å². The number of nitrogens with zero attached hydrogens (tertiary/aromatic N) is 2. The third kappa shape index (κ3) is 3.45. The number of carbonyl (C=O) groups is 1. The maximum Gasteiger partial charge on any atom is 0.265 e. The van der Waals surface area contributed by atoms with Crippen molar-refractivity contribution in [2.45, 2.75) is 26.3 Å². The number of hydrogen-bond donors (Lipinski definition) is 1. The van der Waals surface area contributed by atoms with E-state index in [9.17, 15) is 4.79 Å². The van der Waals surface area contributed by atoms with Gasteiger partial charge in [-0.1, -0.05) is 42.3 Å². The third-order valence-electron chi connectivity index (χ3n) is 4.14. The number of rotatable bonds is 4. The summed E-state index contributed by atoms with van der Waals surface area (Å²) in [6, 6.07) is 5.83. The molecule has 1 saturated heterocycles. The highest BCUT2D eigenvalue weighted by atomic mass is 35.5. The minimum absolute atomic E-state index is 0.0507. The smallest absolute Gasteiger partial charge is 0.265 e. The van der Waals surface area contributed by atoms with Gasteiger partial charge in [0, 0.05) is 24.7 Å². The number of thiazole rings is 1. The molecule has 2 heterocycles. The number of likely N-dealkylation sites (N-methyl/N-ethyl adjacent to an activating group) is 1. The molecule has 24 heavy (non-hydrogen) atoms. The lowest BCUT2D eigenvalue weighted by Crippen LogP contribution is -2.34. The molecule has 1 atom stereocenters. The molecule has 1 fully saturated rings. The molecule has 1 aromatic carbocycles. The van der Waals surface area contributed by atoms with Gasteiger partial charge in [0.25, 0.3) is 5.91 Å². The highest BCUT2D eigenvalue weighted by molar-refractivity contribution is 7.17. The molecule has 1 N–H and O–H groups in total. The van der Waals surface area contributed by atoms with Crippen molar-refractivity contribution in [1.29, 1.82) is 0 Å². The zero-order valence-electron chi connectivity index (χ0n) is 13.6. The molecule has 0 aliphatic carbocycles. The molecular formula is C17H19Cl2N3OS. The van der Waals surface area contributed by atoms with E-state index in [0.717, 1.165) is 42.3 Å². The number of aryl methyl sites for hydroxylation is 1. The molecule has 1 amide bonds. The fourth-order valence-corrected chi connectivity index (χ4v) is 4.43. The molecule has 1 aliphatic rings. The lowest BCUT2D eigenvalue weighted by Gasteiger charge is -2.16. The maximum atomic E-state index is 12.8. The van der Waals surface area contributed by atoms with Gasteiger partial charge in [0.05, 0.1) is 15.7 Å². The first kappa shape index (κ1) is 17.7. The van der Waals surface area contributed by atoms with Crippen molar-refractivity contribution in [3.8, 4) is 10.6 Å². The number of carbonyl (C=O) groups excluding carboxylic acids is 1. The van der Waals surface area contributed by atoms with Crippen LogP contribution in [0.5, 0.6) is 0 Å². The van der Waals surface area contributed by atoms with Gasteiger partial charge in [-0.05, 0) is 26.0 Å². The van der Waals surface area contributed by atoms with Gasteiger partial charge in [0.15, 0.2) is 0 Å². The van der Waals surface area contributed by atoms with Crippen LogP contribution in [0.15, 0.2) is 18.2 Å². The number of likely N-dealkylation sites (tertiary alicyclic amines) is 1. The molecule has 0 radical (unpaired) electrons. The minimum atomic E-state index is 0.0507. The lowest BCUT2D eigenvalue weighted by molar-refractivity contribution is 0.0793. The average molecular weight is 384 g/mol. The Hall–Kier alpha value is -1.14. The first-order chi connectivity index (χ1) is 11.5. The molecule has 1 aliphatic heterocycles. The van der Waals surface area contributed by atoms with Crippen molar-refractivity contribution in [2.75, 3.05) is 19.6 Å². The molecule has 128 valence electrons. The fourth-order valence-electron chi connectivity index (χ4n) is 2.92. The van der Waals surface area contributed by atoms with Gasteiger partial charge in [-0.15, -0.1) is 11.3 Å². The summed E-state index contributed by atoms with van der Waals surface area (Å²) in [5, 5.41) is 5.09. The number of hydrogen-bond acceptors (Lipinski definition) is 4. The molecule has 0 spiro atoms. The standard InChI is InChI=1S/C17H19Cl2N3OS/c1-3-20-11-7-8-22(9-11)17(23)15-10(2)21-16(24-15)12-5-4-6-13(18)14(12)19/h4-6,11,20H,3,7-9H2,1-2H3. The summed E-state index contributed by atoms with van der Waals surface area (Å²) in [4.78, 5) is 19.9. The zero-order valence-corrected chi connectivity index (χ0v) is 15.9. The van der Waals surface area contributed by atoms with Crippen molar-refractivity contribution >= 4 is 40.4 Å². The molecule has 0 bridgehead atoms. The van der Waals surface area contributed by atoms with Gasteiger partial charge in [-0.25, -0.2) is 4.98 Å². The molecule has 1 aromatic heterocycles. The molecule has 3 rings (SSSR count). The summed E-state index contributed by atoms with van der Waals surface area (Å²) in [5.74, 6) is 0.0507. The van der Waals surface area contributed by atoms with Crippen molar-refractivity contribution < 1.29 is 4.79 Å². The Morgan fingerprint density at radius 3 is 3.00 bits per heavy atom. The van der Waals surface area contributed by atoms with Gasteiger partial charge in [0.1, 0.15) is 9.88 Å². The summed E-state index contributed by atoms with van der Waals surface area (Å²) in [6.07, 6.45) is 0.990. The Bertz CT molecular complexity index is 762. The monoisotopic (exact) mass is 383 g/mol. The quantitative estimate of drug-likeness (QED) is 0.857. The van der Waals surface area contributed by atoms with Crippen LogP contribution in [0.25, 0.3) is 10.6 Å². The Labute approximate surface area is 155 Å². The second-order valence-corrected chi connectivity index (χ2v) is 7.61. The van der Waals surface area contributed by atoms with E-state index in [1.807, 2.05) is 24.0 Å². The largest absolute Gasteiger partial charge is 0.336 e. The summed E-state index contributed by atoms with van der Waals surface area (Å²) < 4.78 is 0. The van der Waals surface area contributed by atoms with Crippen LogP contribution in [0.2, 0.25) is 10.0 Å². The van der Waals surface area contributed by atoms with Crippen LogP contribution in [-0.4, -0.2) is 41.5 Å². The van der Waals surface area contributed by atoms with E-state index in [-0.39, 0.29) is 5.91 Å². The highest BCUT2D eigenvalue weighted by Gasteiger charge is 2.29. The zero-order chi connectivity index (χ0) is 17.3. The second kappa shape index (κ2) is 7.40. The van der Waals surface area contributed by atoms with E-state index in [4.69, 9.17) is 23.2 Å². The van der Waals surface area contributed by atoms with Crippen LogP contribution in [0.4, 0.5) is 0 Å². The van der Waals surface area contributed by atoms with E-state index in [1.54, 1.807) is 6.07 Å². The van der Waals surface area contributed by atoms with Crippen LogP contribution in [0.1, 0.15) is 28.7 Å². The fraction of sp³-hybridized carbons (Fsp3) is 0.412. The Kier molecular flexibility index (Phi) is 5.45. The number of halogens is 2. The lowest BCUT2D eigenvalue weighted by atomic mass is 10.2. The van der Waals surface area contributed by atoms with E-state index in [2.05, 4.69) is 17.2 Å². The number of aromatic nitrogens is 1. The minimum Gasteiger partial charge on any atom is -0.336 e. The van der Waals surface area contributed by atoms with Crippen molar-refractivity contribution in [2.24, 2.45) is 0 Å². The third-order valence-corrected chi connectivity index (χ3v) is 6.14. The van der Waals surface area contributed by atoms with E-state index in [1.165, 1.54) is 11.3 Å². The van der Waals surface area contributed by atoms with Crippen LogP contribution < -0.4 is 5.32 Å². The van der Waals surface area contributed by atoms with E-state index < -0.39 is 0 Å². The normalized spacial score (nSPS) is 17.5. The first-order valence-electron chi connectivity index (χ1n) is 7.95. The molecule has 4 nitrogen and oxygen atoms in total.